The van der Waals surface area contributed by atoms with Crippen LogP contribution in [0, 0.1) is 0 Å². The molecule has 0 aliphatic heterocycles. The third-order valence-electron chi connectivity index (χ3n) is 2.65. The maximum atomic E-state index is 12.9. The van der Waals surface area contributed by atoms with Crippen LogP contribution in [0.15, 0.2) is 35.7 Å². The molecule has 0 aliphatic rings. The fraction of sp³-hybridized carbons (Fsp3) is 0.231. The number of para-hydroxylation sites is 1. The van der Waals surface area contributed by atoms with Crippen molar-refractivity contribution >= 4 is 28.6 Å². The van der Waals surface area contributed by atoms with Crippen molar-refractivity contribution in [1.29, 1.82) is 0 Å². The fourth-order valence-corrected chi connectivity index (χ4v) is 2.70. The maximum Gasteiger partial charge on any atom is 0.418 e. The van der Waals surface area contributed by atoms with E-state index in [9.17, 15) is 13.2 Å². The minimum atomic E-state index is -4.43. The van der Waals surface area contributed by atoms with Crippen molar-refractivity contribution in [3.05, 3.63) is 51.2 Å². The van der Waals surface area contributed by atoms with Crippen LogP contribution in [-0.2, 0) is 6.18 Å². The molecule has 0 saturated carbocycles. The minimum Gasteiger partial charge on any atom is -0.376 e. The molecule has 2 rings (SSSR count). The lowest BCUT2D eigenvalue weighted by atomic mass is 10.1. The zero-order valence-corrected chi connectivity index (χ0v) is 11.5. The van der Waals surface area contributed by atoms with Crippen LogP contribution in [0.2, 0.25) is 5.02 Å². The summed E-state index contributed by atoms with van der Waals surface area (Å²) < 4.78 is 38.8. The third kappa shape index (κ3) is 3.22. The second-order valence-corrected chi connectivity index (χ2v) is 5.43. The molecule has 0 saturated heterocycles. The number of nitrogens with one attached hydrogen (secondary N) is 1. The van der Waals surface area contributed by atoms with Crippen LogP contribution in [0.3, 0.4) is 0 Å². The summed E-state index contributed by atoms with van der Waals surface area (Å²) in [5.41, 5.74) is -0.819. The Bertz CT molecular complexity index is 552. The highest BCUT2D eigenvalue weighted by molar-refractivity contribution is 7.10. The Balaban J connectivity index is 2.34. The SMILES string of the molecule is CC(Nc1c(Cl)cccc1C(F)(F)F)c1cccs1. The van der Waals surface area contributed by atoms with E-state index < -0.39 is 11.7 Å². The van der Waals surface area contributed by atoms with Gasteiger partial charge in [-0.2, -0.15) is 13.2 Å². The molecular formula is C13H11ClF3NS. The summed E-state index contributed by atoms with van der Waals surface area (Å²) in [6, 6.07) is 7.25. The molecule has 6 heteroatoms. The predicted octanol–water partition coefficient (Wildman–Crippen LogP) is 5.59. The van der Waals surface area contributed by atoms with Crippen molar-refractivity contribution in [2.24, 2.45) is 0 Å². The fourth-order valence-electron chi connectivity index (χ4n) is 1.73. The molecule has 0 bridgehead atoms. The summed E-state index contributed by atoms with van der Waals surface area (Å²) in [5, 5.41) is 4.79. The van der Waals surface area contributed by atoms with Gasteiger partial charge in [-0.3, -0.25) is 0 Å². The second kappa shape index (κ2) is 5.43. The van der Waals surface area contributed by atoms with Crippen molar-refractivity contribution in [3.8, 4) is 0 Å². The van der Waals surface area contributed by atoms with Crippen molar-refractivity contribution in [2.75, 3.05) is 5.32 Å². The number of anilines is 1. The molecule has 0 spiro atoms. The van der Waals surface area contributed by atoms with Crippen LogP contribution in [0.5, 0.6) is 0 Å². The molecule has 2 aromatic rings. The van der Waals surface area contributed by atoms with Gasteiger partial charge in [-0.1, -0.05) is 23.7 Å². The van der Waals surface area contributed by atoms with Crippen LogP contribution in [-0.4, -0.2) is 0 Å². The largest absolute Gasteiger partial charge is 0.418 e. The molecule has 0 radical (unpaired) electrons. The van der Waals surface area contributed by atoms with Gasteiger partial charge in [-0.15, -0.1) is 11.3 Å². The second-order valence-electron chi connectivity index (χ2n) is 4.04. The predicted molar refractivity (Wildman–Crippen MR) is 72.8 cm³/mol. The smallest absolute Gasteiger partial charge is 0.376 e. The van der Waals surface area contributed by atoms with E-state index >= 15 is 0 Å². The first-order chi connectivity index (χ1) is 8.89. The molecule has 1 unspecified atom stereocenters. The van der Waals surface area contributed by atoms with Crippen molar-refractivity contribution in [2.45, 2.75) is 19.1 Å². The van der Waals surface area contributed by atoms with E-state index in [2.05, 4.69) is 5.32 Å². The zero-order chi connectivity index (χ0) is 14.0. The quantitative estimate of drug-likeness (QED) is 0.779. The van der Waals surface area contributed by atoms with Crippen LogP contribution >= 0.6 is 22.9 Å². The lowest BCUT2D eigenvalue weighted by Crippen LogP contribution is -2.13. The van der Waals surface area contributed by atoms with E-state index in [1.165, 1.54) is 23.5 Å². The molecule has 0 fully saturated rings. The Morgan fingerprint density at radius 3 is 2.53 bits per heavy atom. The third-order valence-corrected chi connectivity index (χ3v) is 4.02. The molecule has 19 heavy (non-hydrogen) atoms. The summed E-state index contributed by atoms with van der Waals surface area (Å²) in [4.78, 5) is 0.952. The topological polar surface area (TPSA) is 12.0 Å². The van der Waals surface area contributed by atoms with Gasteiger partial charge in [0, 0.05) is 4.88 Å². The molecular weight excluding hydrogens is 295 g/mol. The first-order valence-corrected chi connectivity index (χ1v) is 6.81. The van der Waals surface area contributed by atoms with Gasteiger partial charge in [0.1, 0.15) is 0 Å². The molecule has 1 aromatic carbocycles. The summed E-state index contributed by atoms with van der Waals surface area (Å²) in [7, 11) is 0. The summed E-state index contributed by atoms with van der Waals surface area (Å²) in [6.45, 7) is 1.80. The van der Waals surface area contributed by atoms with E-state index in [-0.39, 0.29) is 16.8 Å². The molecule has 1 N–H and O–H groups in total. The molecule has 1 aromatic heterocycles. The minimum absolute atomic E-state index is 0.0678. The highest BCUT2D eigenvalue weighted by Gasteiger charge is 2.34. The van der Waals surface area contributed by atoms with E-state index in [1.807, 2.05) is 17.5 Å². The number of hydrogen-bond acceptors (Lipinski definition) is 2. The Hall–Kier alpha value is -1.20. The first-order valence-electron chi connectivity index (χ1n) is 5.55. The Morgan fingerprint density at radius 1 is 1.21 bits per heavy atom. The average Bonchev–Trinajstić information content (AvgIpc) is 2.83. The highest BCUT2D eigenvalue weighted by atomic mass is 35.5. The molecule has 1 heterocycles. The van der Waals surface area contributed by atoms with Crippen molar-refractivity contribution < 1.29 is 13.2 Å². The number of thiophene rings is 1. The van der Waals surface area contributed by atoms with Gasteiger partial charge in [0.25, 0.3) is 0 Å². The monoisotopic (exact) mass is 305 g/mol. The van der Waals surface area contributed by atoms with E-state index in [4.69, 9.17) is 11.6 Å². The van der Waals surface area contributed by atoms with Crippen LogP contribution < -0.4 is 5.32 Å². The van der Waals surface area contributed by atoms with Crippen LogP contribution in [0.1, 0.15) is 23.4 Å². The van der Waals surface area contributed by atoms with E-state index in [0.29, 0.717) is 0 Å². The lowest BCUT2D eigenvalue weighted by Gasteiger charge is -2.19. The van der Waals surface area contributed by atoms with Crippen molar-refractivity contribution in [3.63, 3.8) is 0 Å². The molecule has 1 atom stereocenters. The molecule has 0 amide bonds. The van der Waals surface area contributed by atoms with Crippen LogP contribution in [0.4, 0.5) is 18.9 Å². The maximum absolute atomic E-state index is 12.9. The van der Waals surface area contributed by atoms with Gasteiger partial charge in [0.2, 0.25) is 0 Å². The molecule has 102 valence electrons. The van der Waals surface area contributed by atoms with Gasteiger partial charge in [0.15, 0.2) is 0 Å². The molecule has 0 aliphatic carbocycles. The number of hydrogen-bond donors (Lipinski definition) is 1. The average molecular weight is 306 g/mol. The zero-order valence-electron chi connectivity index (χ0n) is 9.96. The number of halogens is 4. The van der Waals surface area contributed by atoms with Crippen LogP contribution in [0.25, 0.3) is 0 Å². The van der Waals surface area contributed by atoms with Gasteiger partial charge >= 0.3 is 6.18 Å². The summed E-state index contributed by atoms with van der Waals surface area (Å²) in [5.74, 6) is 0. The standard InChI is InChI=1S/C13H11ClF3NS/c1-8(11-6-3-7-19-11)18-12-9(13(15,16)17)4-2-5-10(12)14/h2-8,18H,1H3. The highest BCUT2D eigenvalue weighted by Crippen LogP contribution is 2.40. The Kier molecular flexibility index (Phi) is 4.06. The Morgan fingerprint density at radius 2 is 1.95 bits per heavy atom. The Labute approximate surface area is 118 Å². The number of alkyl halides is 3. The number of benzene rings is 1. The van der Waals surface area contributed by atoms with Gasteiger partial charge in [-0.25, -0.2) is 0 Å². The lowest BCUT2D eigenvalue weighted by molar-refractivity contribution is -0.137. The van der Waals surface area contributed by atoms with Gasteiger partial charge in [-0.05, 0) is 30.5 Å². The number of rotatable bonds is 3. The normalized spacial score (nSPS) is 13.3. The van der Waals surface area contributed by atoms with E-state index in [1.54, 1.807) is 6.92 Å². The van der Waals surface area contributed by atoms with Gasteiger partial charge < -0.3 is 5.32 Å². The van der Waals surface area contributed by atoms with E-state index in [0.717, 1.165) is 10.9 Å². The summed E-state index contributed by atoms with van der Waals surface area (Å²) in [6.07, 6.45) is -4.43. The molecule has 1 nitrogen and oxygen atoms in total. The first kappa shape index (κ1) is 14.2. The van der Waals surface area contributed by atoms with Gasteiger partial charge in [0.05, 0.1) is 22.3 Å². The summed E-state index contributed by atoms with van der Waals surface area (Å²) >= 11 is 7.36. The van der Waals surface area contributed by atoms with Crippen molar-refractivity contribution in [1.82, 2.24) is 0 Å².